The molecule has 2 heteroatoms. The van der Waals surface area contributed by atoms with Gasteiger partial charge in [0.2, 0.25) is 0 Å². The highest BCUT2D eigenvalue weighted by Crippen LogP contribution is 2.17. The van der Waals surface area contributed by atoms with Crippen LogP contribution >= 0.6 is 0 Å². The van der Waals surface area contributed by atoms with Crippen LogP contribution in [0.25, 0.3) is 11.1 Å². The summed E-state index contributed by atoms with van der Waals surface area (Å²) in [5.41, 5.74) is 2.55. The van der Waals surface area contributed by atoms with Crippen molar-refractivity contribution in [3.05, 3.63) is 60.7 Å². The summed E-state index contributed by atoms with van der Waals surface area (Å²) in [5.74, 6) is 0. The lowest BCUT2D eigenvalue weighted by Crippen LogP contribution is -1.86. The SMILES string of the molecule is COCCC=O.c1ccc(-c2ccccc2)cc1. The molecule has 0 atom stereocenters. The highest BCUT2D eigenvalue weighted by atomic mass is 16.5. The largest absolute Gasteiger partial charge is 0.384 e. The van der Waals surface area contributed by atoms with E-state index >= 15 is 0 Å². The van der Waals surface area contributed by atoms with Crippen LogP contribution in [0.2, 0.25) is 0 Å². The van der Waals surface area contributed by atoms with E-state index in [1.54, 1.807) is 7.11 Å². The molecule has 0 radical (unpaired) electrons. The average Bonchev–Trinajstić information content (AvgIpc) is 2.48. The molecular formula is C16H18O2. The van der Waals surface area contributed by atoms with Gasteiger partial charge in [-0.05, 0) is 11.1 Å². The number of rotatable bonds is 4. The first-order valence-electron chi connectivity index (χ1n) is 5.91. The van der Waals surface area contributed by atoms with Gasteiger partial charge in [0.15, 0.2) is 0 Å². The lowest BCUT2D eigenvalue weighted by Gasteiger charge is -1.98. The Bertz CT molecular complexity index is 386. The lowest BCUT2D eigenvalue weighted by atomic mass is 10.1. The van der Waals surface area contributed by atoms with Gasteiger partial charge in [-0.15, -0.1) is 0 Å². The van der Waals surface area contributed by atoms with Gasteiger partial charge in [-0.2, -0.15) is 0 Å². The van der Waals surface area contributed by atoms with E-state index in [9.17, 15) is 4.79 Å². The first kappa shape index (κ1) is 14.1. The zero-order valence-electron chi connectivity index (χ0n) is 10.6. The molecule has 0 unspecified atom stereocenters. The smallest absolute Gasteiger partial charge is 0.122 e. The number of carbonyl (C=O) groups is 1. The predicted octanol–water partition coefficient (Wildman–Crippen LogP) is 3.58. The Morgan fingerprint density at radius 2 is 1.33 bits per heavy atom. The van der Waals surface area contributed by atoms with Gasteiger partial charge >= 0.3 is 0 Å². The van der Waals surface area contributed by atoms with Crippen molar-refractivity contribution in [2.75, 3.05) is 13.7 Å². The van der Waals surface area contributed by atoms with Crippen LogP contribution < -0.4 is 0 Å². The summed E-state index contributed by atoms with van der Waals surface area (Å²) in [4.78, 5) is 9.48. The van der Waals surface area contributed by atoms with E-state index in [-0.39, 0.29) is 0 Å². The second kappa shape index (κ2) is 9.14. The van der Waals surface area contributed by atoms with Gasteiger partial charge in [-0.3, -0.25) is 0 Å². The van der Waals surface area contributed by atoms with Crippen molar-refractivity contribution in [3.8, 4) is 11.1 Å². The van der Waals surface area contributed by atoms with Crippen LogP contribution in [0.5, 0.6) is 0 Å². The van der Waals surface area contributed by atoms with Crippen LogP contribution in [-0.4, -0.2) is 20.0 Å². The van der Waals surface area contributed by atoms with E-state index in [0.717, 1.165) is 6.29 Å². The molecule has 0 aliphatic carbocycles. The number of aldehydes is 1. The van der Waals surface area contributed by atoms with Crippen molar-refractivity contribution in [2.45, 2.75) is 6.42 Å². The summed E-state index contributed by atoms with van der Waals surface area (Å²) in [6.07, 6.45) is 1.35. The molecule has 0 fully saturated rings. The molecule has 0 spiro atoms. The maximum Gasteiger partial charge on any atom is 0.122 e. The second-order valence-electron chi connectivity index (χ2n) is 3.68. The molecule has 0 N–H and O–H groups in total. The van der Waals surface area contributed by atoms with Crippen molar-refractivity contribution >= 4 is 6.29 Å². The van der Waals surface area contributed by atoms with Crippen LogP contribution in [0.4, 0.5) is 0 Å². The fourth-order valence-electron chi connectivity index (χ4n) is 1.43. The molecule has 0 aliphatic rings. The Morgan fingerprint density at radius 3 is 1.61 bits per heavy atom. The van der Waals surface area contributed by atoms with Gasteiger partial charge < -0.3 is 9.53 Å². The zero-order valence-corrected chi connectivity index (χ0v) is 10.6. The second-order valence-corrected chi connectivity index (χ2v) is 3.68. The normalized spacial score (nSPS) is 9.17. The van der Waals surface area contributed by atoms with E-state index in [1.165, 1.54) is 11.1 Å². The van der Waals surface area contributed by atoms with Crippen molar-refractivity contribution < 1.29 is 9.53 Å². The summed E-state index contributed by atoms with van der Waals surface area (Å²) >= 11 is 0. The van der Waals surface area contributed by atoms with Gasteiger partial charge in [0.05, 0.1) is 6.61 Å². The summed E-state index contributed by atoms with van der Waals surface area (Å²) in [7, 11) is 1.57. The third kappa shape index (κ3) is 5.41. The molecule has 0 bridgehead atoms. The van der Waals surface area contributed by atoms with Gasteiger partial charge in [0, 0.05) is 13.5 Å². The number of benzene rings is 2. The quantitative estimate of drug-likeness (QED) is 0.605. The van der Waals surface area contributed by atoms with Crippen LogP contribution in [0.3, 0.4) is 0 Å². The Balaban J connectivity index is 0.000000232. The molecule has 0 aliphatic heterocycles. The Morgan fingerprint density at radius 1 is 0.889 bits per heavy atom. The molecule has 2 aromatic carbocycles. The van der Waals surface area contributed by atoms with Crippen molar-refractivity contribution in [1.82, 2.24) is 0 Å². The number of ether oxygens (including phenoxy) is 1. The number of hydrogen-bond acceptors (Lipinski definition) is 2. The van der Waals surface area contributed by atoms with Gasteiger partial charge in [-0.1, -0.05) is 60.7 Å². The van der Waals surface area contributed by atoms with Crippen LogP contribution in [0, 0.1) is 0 Å². The highest BCUT2D eigenvalue weighted by molar-refractivity contribution is 5.62. The predicted molar refractivity (Wildman–Crippen MR) is 74.4 cm³/mol. The summed E-state index contributed by atoms with van der Waals surface area (Å²) in [5, 5.41) is 0. The monoisotopic (exact) mass is 242 g/mol. The highest BCUT2D eigenvalue weighted by Gasteiger charge is 1.91. The minimum absolute atomic E-state index is 0.510. The molecule has 2 aromatic rings. The minimum atomic E-state index is 0.510. The number of methoxy groups -OCH3 is 1. The van der Waals surface area contributed by atoms with Crippen LogP contribution in [-0.2, 0) is 9.53 Å². The molecule has 0 heterocycles. The van der Waals surface area contributed by atoms with Crippen molar-refractivity contribution in [3.63, 3.8) is 0 Å². The molecule has 0 amide bonds. The third-order valence-corrected chi connectivity index (χ3v) is 2.32. The molecule has 0 saturated carbocycles. The number of hydrogen-bond donors (Lipinski definition) is 0. The summed E-state index contributed by atoms with van der Waals surface area (Å²) < 4.78 is 4.55. The molecule has 0 saturated heterocycles. The first-order chi connectivity index (χ1) is 8.88. The van der Waals surface area contributed by atoms with Gasteiger partial charge in [-0.25, -0.2) is 0 Å². The average molecular weight is 242 g/mol. The third-order valence-electron chi connectivity index (χ3n) is 2.32. The maximum absolute atomic E-state index is 9.48. The molecular weight excluding hydrogens is 224 g/mol. The standard InChI is InChI=1S/C12H10.C4H8O2/c1-3-7-11(8-4-1)12-9-5-2-6-10-12;1-6-4-2-3-5/h1-10H;3H,2,4H2,1H3. The Labute approximate surface area is 108 Å². The Kier molecular flexibility index (Phi) is 7.17. The summed E-state index contributed by atoms with van der Waals surface area (Å²) in [6, 6.07) is 20.8. The van der Waals surface area contributed by atoms with E-state index in [0.29, 0.717) is 13.0 Å². The fraction of sp³-hybridized carbons (Fsp3) is 0.188. The van der Waals surface area contributed by atoms with Crippen LogP contribution in [0.15, 0.2) is 60.7 Å². The van der Waals surface area contributed by atoms with E-state index in [2.05, 4.69) is 53.3 Å². The zero-order chi connectivity index (χ0) is 13.1. The number of carbonyl (C=O) groups excluding carboxylic acids is 1. The molecule has 18 heavy (non-hydrogen) atoms. The Hall–Kier alpha value is -1.93. The fourth-order valence-corrected chi connectivity index (χ4v) is 1.43. The van der Waals surface area contributed by atoms with E-state index in [1.807, 2.05) is 12.1 Å². The van der Waals surface area contributed by atoms with Crippen molar-refractivity contribution in [1.29, 1.82) is 0 Å². The van der Waals surface area contributed by atoms with Crippen LogP contribution in [0.1, 0.15) is 6.42 Å². The molecule has 2 nitrogen and oxygen atoms in total. The van der Waals surface area contributed by atoms with Crippen molar-refractivity contribution in [2.24, 2.45) is 0 Å². The van der Waals surface area contributed by atoms with E-state index < -0.39 is 0 Å². The molecule has 94 valence electrons. The minimum Gasteiger partial charge on any atom is -0.384 e. The molecule has 0 aromatic heterocycles. The maximum atomic E-state index is 9.48. The summed E-state index contributed by atoms with van der Waals surface area (Å²) in [6.45, 7) is 0.545. The topological polar surface area (TPSA) is 26.3 Å². The molecule has 2 rings (SSSR count). The first-order valence-corrected chi connectivity index (χ1v) is 5.91. The van der Waals surface area contributed by atoms with Gasteiger partial charge in [0.25, 0.3) is 0 Å². The lowest BCUT2D eigenvalue weighted by molar-refractivity contribution is -0.108. The van der Waals surface area contributed by atoms with E-state index in [4.69, 9.17) is 0 Å². The van der Waals surface area contributed by atoms with Gasteiger partial charge in [0.1, 0.15) is 6.29 Å².